The summed E-state index contributed by atoms with van der Waals surface area (Å²) in [5.74, 6) is 0. The van der Waals surface area contributed by atoms with Crippen molar-refractivity contribution < 1.29 is 13.3 Å². The minimum Gasteiger partial charge on any atom is -0.456 e. The molecular weight excluding hydrogens is 1630 g/mol. The number of furan rings is 3. The maximum absolute atomic E-state index is 6.50. The van der Waals surface area contributed by atoms with Crippen molar-refractivity contribution in [3.05, 3.63) is 510 Å². The van der Waals surface area contributed by atoms with E-state index in [1.165, 1.54) is 193 Å². The molecule has 630 valence electrons. The maximum atomic E-state index is 6.50. The molecule has 0 unspecified atom stereocenters. The van der Waals surface area contributed by atoms with Gasteiger partial charge < -0.3 is 13.3 Å². The minimum absolute atomic E-state index is 0.896. The standard InChI is InChI=1S/3C44H28O/c1-3-12-29(13-4-1)31-16-11-17-32(26-31)33-22-24-41-39(27-33)40-28-34(23-25-42(40)45-41)44-37-20-9-7-18-35(37)43(30-14-5-2-6-15-30)36-19-8-10-21-38(36)44;1-3-11-29(12-4-1)30-19-21-31(22-20-30)33-23-25-35-40-27-34(24-26-41(40)45-42(35)28-33)44-38-17-9-7-15-36(38)43(32-13-5-2-6-14-32)37-16-8-10-18-39(37)44;1-3-14-29(15-4-1)32-18-7-8-19-33(32)34-24-13-25-41-44(34)39-28-31(26-27-40(39)45-41)43-37-22-11-9-20-35(37)42(30-16-5-2-6-17-30)36-21-10-12-23-38(36)43/h3*1-28H. The fraction of sp³-hybridized carbons (Fsp3) is 0. The molecule has 0 saturated carbocycles. The molecule has 3 heterocycles. The Labute approximate surface area is 781 Å². The molecule has 0 aliphatic rings. The van der Waals surface area contributed by atoms with E-state index in [1.807, 2.05) is 0 Å². The zero-order valence-electron chi connectivity index (χ0n) is 73.7. The lowest BCUT2D eigenvalue weighted by molar-refractivity contribution is 0.668. The lowest BCUT2D eigenvalue weighted by atomic mass is 9.85. The smallest absolute Gasteiger partial charge is 0.136 e. The second-order valence-electron chi connectivity index (χ2n) is 35.0. The van der Waals surface area contributed by atoms with Crippen molar-refractivity contribution in [2.75, 3.05) is 0 Å². The molecule has 27 rings (SSSR count). The van der Waals surface area contributed by atoms with Crippen molar-refractivity contribution in [3.63, 3.8) is 0 Å². The molecule has 3 nitrogen and oxygen atoms in total. The number of hydrogen-bond donors (Lipinski definition) is 0. The van der Waals surface area contributed by atoms with Gasteiger partial charge in [0.2, 0.25) is 0 Å². The molecule has 3 heteroatoms. The number of hydrogen-bond acceptors (Lipinski definition) is 3. The summed E-state index contributed by atoms with van der Waals surface area (Å²) in [6, 6.07) is 183. The Balaban J connectivity index is 0.000000108. The van der Waals surface area contributed by atoms with Gasteiger partial charge in [-0.25, -0.2) is 0 Å². The van der Waals surface area contributed by atoms with Gasteiger partial charge in [-0.3, -0.25) is 0 Å². The van der Waals surface area contributed by atoms with Crippen LogP contribution in [0, 0.1) is 0 Å². The first-order valence-electron chi connectivity index (χ1n) is 46.3. The van der Waals surface area contributed by atoms with E-state index in [0.717, 1.165) is 71.4 Å². The summed E-state index contributed by atoms with van der Waals surface area (Å²) >= 11 is 0. The number of rotatable bonds is 12. The molecular formula is C132H84O3. The monoisotopic (exact) mass is 1720 g/mol. The summed E-state index contributed by atoms with van der Waals surface area (Å²) in [6.45, 7) is 0. The summed E-state index contributed by atoms with van der Waals surface area (Å²) in [4.78, 5) is 0. The largest absolute Gasteiger partial charge is 0.456 e. The average molecular weight is 1720 g/mol. The molecule has 135 heavy (non-hydrogen) atoms. The van der Waals surface area contributed by atoms with Gasteiger partial charge in [-0.05, 0) is 271 Å². The van der Waals surface area contributed by atoms with Crippen LogP contribution in [0.15, 0.2) is 523 Å². The molecule has 0 N–H and O–H groups in total. The molecule has 0 aliphatic carbocycles. The van der Waals surface area contributed by atoms with Crippen LogP contribution in [0.4, 0.5) is 0 Å². The SMILES string of the molecule is c1ccc(-c2ccc(-c3ccc4c(c3)oc3ccc(-c5c6ccccc6c(-c6ccccc6)c6ccccc56)cc34)cc2)cc1.c1ccc(-c2cccc(-c3ccc4oc5ccc(-c6c7ccccc7c(-c7ccccc7)c7ccccc67)cc5c4c3)c2)cc1.c1ccc(-c2ccccc2-c2cccc3oc4ccc(-c5c6ccccc6c(-c6ccccc6)c6ccccc56)cc4c23)cc1. The molecule has 0 saturated heterocycles. The lowest BCUT2D eigenvalue weighted by Crippen LogP contribution is -1.90. The Hall–Kier alpha value is -17.8. The average Bonchev–Trinajstić information content (AvgIpc) is 1.70. The first-order valence-corrected chi connectivity index (χ1v) is 46.3. The van der Waals surface area contributed by atoms with Crippen molar-refractivity contribution in [2.45, 2.75) is 0 Å². The number of fused-ring (bicyclic) bond motifs is 15. The third-order valence-corrected chi connectivity index (χ3v) is 27.2. The molecule has 0 bridgehead atoms. The first-order chi connectivity index (χ1) is 67.0. The topological polar surface area (TPSA) is 39.4 Å². The van der Waals surface area contributed by atoms with Gasteiger partial charge in [-0.1, -0.05) is 437 Å². The van der Waals surface area contributed by atoms with Crippen LogP contribution < -0.4 is 0 Å². The highest BCUT2D eigenvalue weighted by Crippen LogP contribution is 2.51. The molecule has 27 aromatic rings. The number of benzene rings is 24. The van der Waals surface area contributed by atoms with E-state index in [-0.39, 0.29) is 0 Å². The van der Waals surface area contributed by atoms with Gasteiger partial charge in [0.1, 0.15) is 33.5 Å². The van der Waals surface area contributed by atoms with E-state index in [2.05, 4.69) is 510 Å². The minimum atomic E-state index is 0.896. The third-order valence-electron chi connectivity index (χ3n) is 27.2. The summed E-state index contributed by atoms with van der Waals surface area (Å²) in [5, 5.41) is 21.8. The zero-order chi connectivity index (χ0) is 89.2. The highest BCUT2D eigenvalue weighted by Gasteiger charge is 2.25. The Morgan fingerprint density at radius 1 is 0.0963 bits per heavy atom. The van der Waals surface area contributed by atoms with Gasteiger partial charge in [0.25, 0.3) is 0 Å². The molecule has 24 aromatic carbocycles. The first kappa shape index (κ1) is 79.4. The Morgan fingerprint density at radius 2 is 0.326 bits per heavy atom. The second kappa shape index (κ2) is 33.9. The molecule has 0 radical (unpaired) electrons. The predicted octanol–water partition coefficient (Wildman–Crippen LogP) is 37.7. The molecule has 0 amide bonds. The highest BCUT2D eigenvalue weighted by molar-refractivity contribution is 6.26. The van der Waals surface area contributed by atoms with Crippen LogP contribution in [-0.2, 0) is 0 Å². The third kappa shape index (κ3) is 14.3. The predicted molar refractivity (Wildman–Crippen MR) is 571 cm³/mol. The van der Waals surface area contributed by atoms with Crippen LogP contribution in [-0.4, -0.2) is 0 Å². The van der Waals surface area contributed by atoms with Gasteiger partial charge in [0, 0.05) is 32.3 Å². The second-order valence-corrected chi connectivity index (χ2v) is 35.0. The van der Waals surface area contributed by atoms with E-state index in [0.29, 0.717) is 0 Å². The summed E-state index contributed by atoms with van der Waals surface area (Å²) in [6.07, 6.45) is 0. The van der Waals surface area contributed by atoms with Crippen molar-refractivity contribution >= 4 is 130 Å². The molecule has 0 spiro atoms. The van der Waals surface area contributed by atoms with E-state index >= 15 is 0 Å². The van der Waals surface area contributed by atoms with Gasteiger partial charge in [-0.2, -0.15) is 0 Å². The van der Waals surface area contributed by atoms with E-state index in [4.69, 9.17) is 13.3 Å². The van der Waals surface area contributed by atoms with Crippen LogP contribution in [0.25, 0.3) is 264 Å². The normalized spacial score (nSPS) is 11.6. The Kier molecular flexibility index (Phi) is 20.0. The molecule has 0 aliphatic heterocycles. The zero-order valence-corrected chi connectivity index (χ0v) is 73.7. The van der Waals surface area contributed by atoms with Crippen molar-refractivity contribution in [1.29, 1.82) is 0 Å². The van der Waals surface area contributed by atoms with E-state index < -0.39 is 0 Å². The van der Waals surface area contributed by atoms with Crippen molar-refractivity contribution in [1.82, 2.24) is 0 Å². The van der Waals surface area contributed by atoms with Crippen LogP contribution in [0.2, 0.25) is 0 Å². The van der Waals surface area contributed by atoms with Crippen LogP contribution in [0.5, 0.6) is 0 Å². The maximum Gasteiger partial charge on any atom is 0.136 e. The lowest BCUT2D eigenvalue weighted by Gasteiger charge is -2.17. The quantitative estimate of drug-likeness (QED) is 0.114. The van der Waals surface area contributed by atoms with Gasteiger partial charge in [-0.15, -0.1) is 0 Å². The Bertz CT molecular complexity index is 9080. The van der Waals surface area contributed by atoms with Gasteiger partial charge >= 0.3 is 0 Å². The molecule has 3 aromatic heterocycles. The van der Waals surface area contributed by atoms with Crippen molar-refractivity contribution in [3.8, 4) is 134 Å². The van der Waals surface area contributed by atoms with E-state index in [1.54, 1.807) is 0 Å². The van der Waals surface area contributed by atoms with Crippen LogP contribution >= 0.6 is 0 Å². The van der Waals surface area contributed by atoms with Crippen LogP contribution in [0.3, 0.4) is 0 Å². The summed E-state index contributed by atoms with van der Waals surface area (Å²) in [7, 11) is 0. The molecule has 0 atom stereocenters. The Morgan fingerprint density at radius 3 is 0.733 bits per heavy atom. The van der Waals surface area contributed by atoms with E-state index in [9.17, 15) is 0 Å². The van der Waals surface area contributed by atoms with Crippen molar-refractivity contribution in [2.24, 2.45) is 0 Å². The summed E-state index contributed by atoms with van der Waals surface area (Å²) < 4.78 is 19.3. The van der Waals surface area contributed by atoms with Crippen LogP contribution in [0.1, 0.15) is 0 Å². The fourth-order valence-electron chi connectivity index (χ4n) is 21.1. The highest BCUT2D eigenvalue weighted by atomic mass is 16.3. The van der Waals surface area contributed by atoms with Gasteiger partial charge in [0.15, 0.2) is 0 Å². The summed E-state index contributed by atoms with van der Waals surface area (Å²) in [5.41, 5.74) is 34.6. The fourth-order valence-corrected chi connectivity index (χ4v) is 21.1. The van der Waals surface area contributed by atoms with Gasteiger partial charge in [0.05, 0.1) is 0 Å². The molecule has 0 fully saturated rings.